The van der Waals surface area contributed by atoms with Gasteiger partial charge in [-0.1, -0.05) is 28.9 Å². The van der Waals surface area contributed by atoms with Crippen LogP contribution in [0, 0.1) is 20.8 Å². The van der Waals surface area contributed by atoms with Gasteiger partial charge in [0.1, 0.15) is 5.76 Å². The van der Waals surface area contributed by atoms with Crippen LogP contribution in [0.1, 0.15) is 41.1 Å². The molecule has 0 spiro atoms. The van der Waals surface area contributed by atoms with Crippen molar-refractivity contribution >= 4 is 0 Å². The first-order valence-electron chi connectivity index (χ1n) is 6.29. The van der Waals surface area contributed by atoms with E-state index < -0.39 is 0 Å². The Labute approximate surface area is 108 Å². The third-order valence-corrected chi connectivity index (χ3v) is 3.16. The Bertz CT molecular complexity index is 531. The highest BCUT2D eigenvalue weighted by Crippen LogP contribution is 2.19. The molecule has 0 aliphatic heterocycles. The molecule has 1 unspecified atom stereocenters. The Kier molecular flexibility index (Phi) is 3.82. The van der Waals surface area contributed by atoms with E-state index in [9.17, 15) is 0 Å². The largest absolute Gasteiger partial charge is 0.361 e. The molecule has 0 saturated carbocycles. The summed E-state index contributed by atoms with van der Waals surface area (Å²) in [6, 6.07) is 8.83. The first-order chi connectivity index (χ1) is 8.56. The molecular formula is C15H20N2O. The second kappa shape index (κ2) is 5.36. The molecule has 18 heavy (non-hydrogen) atoms. The van der Waals surface area contributed by atoms with Crippen molar-refractivity contribution in [2.24, 2.45) is 0 Å². The first-order valence-corrected chi connectivity index (χ1v) is 6.29. The number of rotatable bonds is 4. The summed E-state index contributed by atoms with van der Waals surface area (Å²) in [4.78, 5) is 0. The van der Waals surface area contributed by atoms with E-state index >= 15 is 0 Å². The Hall–Kier alpha value is -1.61. The fraction of sp³-hybridized carbons (Fsp3) is 0.400. The van der Waals surface area contributed by atoms with Crippen LogP contribution in [0.15, 0.2) is 28.8 Å². The van der Waals surface area contributed by atoms with Gasteiger partial charge in [-0.05, 0) is 38.8 Å². The number of benzene rings is 1. The van der Waals surface area contributed by atoms with E-state index in [-0.39, 0.29) is 0 Å². The molecule has 2 aromatic rings. The highest BCUT2D eigenvalue weighted by molar-refractivity contribution is 5.32. The maximum Gasteiger partial charge on any atom is 0.133 e. The summed E-state index contributed by atoms with van der Waals surface area (Å²) in [6.45, 7) is 9.08. The maximum absolute atomic E-state index is 5.05. The van der Waals surface area contributed by atoms with Crippen LogP contribution < -0.4 is 5.32 Å². The molecule has 0 bridgehead atoms. The summed E-state index contributed by atoms with van der Waals surface area (Å²) >= 11 is 0. The first kappa shape index (κ1) is 12.8. The minimum absolute atomic E-state index is 0.308. The number of nitrogens with zero attached hydrogens (tertiary/aromatic N) is 1. The van der Waals surface area contributed by atoms with E-state index in [1.807, 2.05) is 13.0 Å². The van der Waals surface area contributed by atoms with Gasteiger partial charge in [-0.15, -0.1) is 0 Å². The predicted molar refractivity (Wildman–Crippen MR) is 72.4 cm³/mol. The molecule has 1 aromatic carbocycles. The molecule has 0 saturated heterocycles. The number of aromatic nitrogens is 1. The van der Waals surface area contributed by atoms with Gasteiger partial charge >= 0.3 is 0 Å². The zero-order valence-electron chi connectivity index (χ0n) is 11.4. The Morgan fingerprint density at radius 1 is 1.22 bits per heavy atom. The highest BCUT2D eigenvalue weighted by atomic mass is 16.5. The average molecular weight is 244 g/mol. The highest BCUT2D eigenvalue weighted by Gasteiger charge is 2.09. The SMILES string of the molecule is Cc1ccc(C(C)NCc2cc(C)on2)c(C)c1. The van der Waals surface area contributed by atoms with Crippen molar-refractivity contribution in [3.63, 3.8) is 0 Å². The molecule has 0 amide bonds. The molecule has 1 atom stereocenters. The lowest BCUT2D eigenvalue weighted by molar-refractivity contribution is 0.386. The van der Waals surface area contributed by atoms with Crippen molar-refractivity contribution in [1.82, 2.24) is 10.5 Å². The minimum atomic E-state index is 0.308. The van der Waals surface area contributed by atoms with Gasteiger partial charge in [-0.2, -0.15) is 0 Å². The smallest absolute Gasteiger partial charge is 0.133 e. The van der Waals surface area contributed by atoms with E-state index in [0.717, 1.165) is 18.0 Å². The molecule has 96 valence electrons. The van der Waals surface area contributed by atoms with Crippen molar-refractivity contribution in [3.8, 4) is 0 Å². The normalized spacial score (nSPS) is 12.7. The summed E-state index contributed by atoms with van der Waals surface area (Å²) in [5, 5.41) is 7.45. The second-order valence-corrected chi connectivity index (χ2v) is 4.89. The van der Waals surface area contributed by atoms with Gasteiger partial charge in [-0.25, -0.2) is 0 Å². The lowest BCUT2D eigenvalue weighted by Crippen LogP contribution is -2.19. The molecule has 2 rings (SSSR count). The molecule has 1 heterocycles. The third kappa shape index (κ3) is 2.99. The summed E-state index contributed by atoms with van der Waals surface area (Å²) in [5.74, 6) is 0.853. The molecule has 0 aliphatic rings. The molecule has 0 aliphatic carbocycles. The zero-order valence-corrected chi connectivity index (χ0v) is 11.4. The lowest BCUT2D eigenvalue weighted by Gasteiger charge is -2.16. The number of hydrogen-bond donors (Lipinski definition) is 1. The van der Waals surface area contributed by atoms with Gasteiger partial charge in [0.05, 0.1) is 5.69 Å². The average Bonchev–Trinajstić information content (AvgIpc) is 2.72. The van der Waals surface area contributed by atoms with Crippen molar-refractivity contribution in [2.45, 2.75) is 40.3 Å². The van der Waals surface area contributed by atoms with Crippen molar-refractivity contribution in [1.29, 1.82) is 0 Å². The number of aryl methyl sites for hydroxylation is 3. The number of hydrogen-bond acceptors (Lipinski definition) is 3. The molecule has 3 heteroatoms. The van der Waals surface area contributed by atoms with E-state index in [0.29, 0.717) is 6.04 Å². The van der Waals surface area contributed by atoms with Gasteiger partial charge in [0, 0.05) is 18.7 Å². The van der Waals surface area contributed by atoms with Crippen LogP contribution >= 0.6 is 0 Å². The lowest BCUT2D eigenvalue weighted by atomic mass is 10.0. The van der Waals surface area contributed by atoms with Gasteiger partial charge in [-0.3, -0.25) is 0 Å². The van der Waals surface area contributed by atoms with E-state index in [1.165, 1.54) is 16.7 Å². The van der Waals surface area contributed by atoms with Gasteiger partial charge in [0.15, 0.2) is 0 Å². The fourth-order valence-corrected chi connectivity index (χ4v) is 2.18. The van der Waals surface area contributed by atoms with E-state index in [1.54, 1.807) is 0 Å². The summed E-state index contributed by atoms with van der Waals surface area (Å²) in [5.41, 5.74) is 4.91. The molecule has 1 N–H and O–H groups in total. The van der Waals surface area contributed by atoms with Crippen molar-refractivity contribution in [2.75, 3.05) is 0 Å². The molecule has 0 radical (unpaired) electrons. The summed E-state index contributed by atoms with van der Waals surface area (Å²) in [6.07, 6.45) is 0. The molecular weight excluding hydrogens is 224 g/mol. The fourth-order valence-electron chi connectivity index (χ4n) is 2.18. The third-order valence-electron chi connectivity index (χ3n) is 3.16. The van der Waals surface area contributed by atoms with Crippen LogP contribution in [-0.4, -0.2) is 5.16 Å². The van der Waals surface area contributed by atoms with Crippen molar-refractivity contribution < 1.29 is 4.52 Å². The van der Waals surface area contributed by atoms with Crippen LogP contribution in [0.4, 0.5) is 0 Å². The molecule has 0 fully saturated rings. The molecule has 3 nitrogen and oxygen atoms in total. The van der Waals surface area contributed by atoms with Gasteiger partial charge in [0.2, 0.25) is 0 Å². The van der Waals surface area contributed by atoms with E-state index in [2.05, 4.69) is 49.4 Å². The number of nitrogens with one attached hydrogen (secondary N) is 1. The van der Waals surface area contributed by atoms with Crippen LogP contribution in [0.25, 0.3) is 0 Å². The minimum Gasteiger partial charge on any atom is -0.361 e. The van der Waals surface area contributed by atoms with Crippen LogP contribution in [0.5, 0.6) is 0 Å². The van der Waals surface area contributed by atoms with Gasteiger partial charge < -0.3 is 9.84 Å². The zero-order chi connectivity index (χ0) is 13.1. The maximum atomic E-state index is 5.05. The monoisotopic (exact) mass is 244 g/mol. The van der Waals surface area contributed by atoms with Crippen LogP contribution in [-0.2, 0) is 6.54 Å². The Balaban J connectivity index is 2.01. The summed E-state index contributed by atoms with van der Waals surface area (Å²) in [7, 11) is 0. The quantitative estimate of drug-likeness (QED) is 0.895. The second-order valence-electron chi connectivity index (χ2n) is 4.89. The Morgan fingerprint density at radius 2 is 2.00 bits per heavy atom. The Morgan fingerprint density at radius 3 is 2.61 bits per heavy atom. The van der Waals surface area contributed by atoms with Crippen molar-refractivity contribution in [3.05, 3.63) is 52.4 Å². The van der Waals surface area contributed by atoms with Crippen LogP contribution in [0.3, 0.4) is 0 Å². The molecule has 1 aromatic heterocycles. The standard InChI is InChI=1S/C15H20N2O/c1-10-5-6-15(11(2)7-10)13(4)16-9-14-8-12(3)18-17-14/h5-8,13,16H,9H2,1-4H3. The van der Waals surface area contributed by atoms with Gasteiger partial charge in [0.25, 0.3) is 0 Å². The van der Waals surface area contributed by atoms with E-state index in [4.69, 9.17) is 4.52 Å². The summed E-state index contributed by atoms with van der Waals surface area (Å²) < 4.78 is 5.05. The van der Waals surface area contributed by atoms with Crippen LogP contribution in [0.2, 0.25) is 0 Å². The topological polar surface area (TPSA) is 38.1 Å². The predicted octanol–water partition coefficient (Wildman–Crippen LogP) is 3.45.